The summed E-state index contributed by atoms with van der Waals surface area (Å²) in [6.45, 7) is 6.13. The topological polar surface area (TPSA) is 71.1 Å². The van der Waals surface area contributed by atoms with Gasteiger partial charge in [0.05, 0.1) is 6.61 Å². The fraction of sp³-hybridized carbons (Fsp3) is 0.800. The third kappa shape index (κ3) is 3.79. The standard InChI is InChI=1S/C10H16O6/c1-6(11)14-9(15-7(2)12)8-5-13-10(3,4)16-8/h8-9H,5H2,1-4H3/t8-/m1/s1. The van der Waals surface area contributed by atoms with Gasteiger partial charge in [-0.2, -0.15) is 0 Å². The van der Waals surface area contributed by atoms with E-state index in [1.54, 1.807) is 13.8 Å². The second kappa shape index (κ2) is 4.80. The molecule has 6 heteroatoms. The molecule has 1 aliphatic heterocycles. The highest BCUT2D eigenvalue weighted by Crippen LogP contribution is 2.25. The van der Waals surface area contributed by atoms with E-state index in [9.17, 15) is 9.59 Å². The van der Waals surface area contributed by atoms with E-state index < -0.39 is 30.1 Å². The number of esters is 2. The molecule has 1 saturated heterocycles. The van der Waals surface area contributed by atoms with Gasteiger partial charge in [0.15, 0.2) is 11.9 Å². The van der Waals surface area contributed by atoms with Crippen LogP contribution in [-0.4, -0.2) is 36.7 Å². The van der Waals surface area contributed by atoms with Crippen molar-refractivity contribution < 1.29 is 28.5 Å². The van der Waals surface area contributed by atoms with Gasteiger partial charge >= 0.3 is 11.9 Å². The predicted octanol–water partition coefficient (Wildman–Crippen LogP) is 0.590. The van der Waals surface area contributed by atoms with Crippen LogP contribution in [-0.2, 0) is 28.5 Å². The summed E-state index contributed by atoms with van der Waals surface area (Å²) < 4.78 is 20.4. The third-order valence-corrected chi connectivity index (χ3v) is 1.90. The van der Waals surface area contributed by atoms with Gasteiger partial charge < -0.3 is 18.9 Å². The largest absolute Gasteiger partial charge is 0.422 e. The number of hydrogen-bond acceptors (Lipinski definition) is 6. The molecule has 0 aliphatic carbocycles. The summed E-state index contributed by atoms with van der Waals surface area (Å²) in [5, 5.41) is 0. The highest BCUT2D eigenvalue weighted by molar-refractivity contribution is 5.68. The van der Waals surface area contributed by atoms with Crippen LogP contribution in [0.15, 0.2) is 0 Å². The molecule has 1 heterocycles. The zero-order valence-electron chi connectivity index (χ0n) is 9.81. The summed E-state index contributed by atoms with van der Waals surface area (Å²) in [7, 11) is 0. The van der Waals surface area contributed by atoms with Crippen molar-refractivity contribution in [3.05, 3.63) is 0 Å². The van der Waals surface area contributed by atoms with E-state index in [4.69, 9.17) is 18.9 Å². The van der Waals surface area contributed by atoms with Crippen molar-refractivity contribution in [3.63, 3.8) is 0 Å². The Labute approximate surface area is 93.8 Å². The number of carbonyl (C=O) groups excluding carboxylic acids is 2. The summed E-state index contributed by atoms with van der Waals surface area (Å²) in [5.41, 5.74) is 0. The Bertz CT molecular complexity index is 269. The van der Waals surface area contributed by atoms with Crippen molar-refractivity contribution in [2.45, 2.75) is 45.9 Å². The lowest BCUT2D eigenvalue weighted by molar-refractivity contribution is -0.218. The molecule has 1 rings (SSSR count). The molecule has 1 fully saturated rings. The van der Waals surface area contributed by atoms with Gasteiger partial charge in [0.2, 0.25) is 0 Å². The van der Waals surface area contributed by atoms with E-state index in [0.717, 1.165) is 0 Å². The predicted molar refractivity (Wildman–Crippen MR) is 52.2 cm³/mol. The van der Waals surface area contributed by atoms with Crippen LogP contribution in [0.25, 0.3) is 0 Å². The summed E-state index contributed by atoms with van der Waals surface area (Å²) in [6.07, 6.45) is -1.65. The van der Waals surface area contributed by atoms with Crippen molar-refractivity contribution in [2.75, 3.05) is 6.61 Å². The Balaban J connectivity index is 2.62. The smallest absolute Gasteiger partial charge is 0.305 e. The van der Waals surface area contributed by atoms with Crippen LogP contribution in [0.4, 0.5) is 0 Å². The van der Waals surface area contributed by atoms with Gasteiger partial charge in [0.25, 0.3) is 6.29 Å². The molecule has 1 aliphatic rings. The number of rotatable bonds is 3. The van der Waals surface area contributed by atoms with Crippen LogP contribution in [0.5, 0.6) is 0 Å². The molecule has 0 aromatic rings. The first-order chi connectivity index (χ1) is 7.30. The quantitative estimate of drug-likeness (QED) is 0.524. The maximum absolute atomic E-state index is 10.8. The molecule has 0 amide bonds. The van der Waals surface area contributed by atoms with Gasteiger partial charge in [-0.3, -0.25) is 9.59 Å². The van der Waals surface area contributed by atoms with Crippen molar-refractivity contribution in [1.82, 2.24) is 0 Å². The molecule has 0 unspecified atom stereocenters. The first kappa shape index (κ1) is 12.9. The molecule has 0 radical (unpaired) electrons. The molecule has 0 aromatic heterocycles. The van der Waals surface area contributed by atoms with Crippen LogP contribution in [0, 0.1) is 0 Å². The van der Waals surface area contributed by atoms with Crippen LogP contribution in [0.2, 0.25) is 0 Å². The minimum Gasteiger partial charge on any atom is -0.422 e. The van der Waals surface area contributed by atoms with Gasteiger partial charge in [-0.05, 0) is 13.8 Å². The molecule has 6 nitrogen and oxygen atoms in total. The van der Waals surface area contributed by atoms with Gasteiger partial charge in [-0.25, -0.2) is 0 Å². The molecule has 0 bridgehead atoms. The van der Waals surface area contributed by atoms with Gasteiger partial charge in [-0.1, -0.05) is 0 Å². The second-order valence-corrected chi connectivity index (χ2v) is 3.95. The summed E-state index contributed by atoms with van der Waals surface area (Å²) in [5.74, 6) is -1.84. The molecule has 16 heavy (non-hydrogen) atoms. The Morgan fingerprint density at radius 2 is 1.75 bits per heavy atom. The molecular formula is C10H16O6. The van der Waals surface area contributed by atoms with E-state index in [0.29, 0.717) is 0 Å². The summed E-state index contributed by atoms with van der Waals surface area (Å²) >= 11 is 0. The normalized spacial score (nSPS) is 23.2. The summed E-state index contributed by atoms with van der Waals surface area (Å²) in [6, 6.07) is 0. The molecule has 92 valence electrons. The molecular weight excluding hydrogens is 216 g/mol. The lowest BCUT2D eigenvalue weighted by Crippen LogP contribution is -2.37. The second-order valence-electron chi connectivity index (χ2n) is 3.95. The fourth-order valence-corrected chi connectivity index (χ4v) is 1.35. The average Bonchev–Trinajstić information content (AvgIpc) is 2.43. The number of ether oxygens (including phenoxy) is 4. The Kier molecular flexibility index (Phi) is 3.88. The van der Waals surface area contributed by atoms with E-state index >= 15 is 0 Å². The van der Waals surface area contributed by atoms with Crippen molar-refractivity contribution in [2.24, 2.45) is 0 Å². The monoisotopic (exact) mass is 232 g/mol. The average molecular weight is 232 g/mol. The van der Waals surface area contributed by atoms with Gasteiger partial charge in [0.1, 0.15) is 0 Å². The lowest BCUT2D eigenvalue weighted by atomic mass is 10.3. The Morgan fingerprint density at radius 3 is 2.06 bits per heavy atom. The van der Waals surface area contributed by atoms with E-state index in [2.05, 4.69) is 0 Å². The van der Waals surface area contributed by atoms with Gasteiger partial charge in [0, 0.05) is 13.8 Å². The number of hydrogen-bond donors (Lipinski definition) is 0. The Morgan fingerprint density at radius 1 is 1.25 bits per heavy atom. The van der Waals surface area contributed by atoms with Crippen molar-refractivity contribution >= 4 is 11.9 Å². The zero-order valence-corrected chi connectivity index (χ0v) is 9.81. The molecule has 0 aromatic carbocycles. The first-order valence-corrected chi connectivity index (χ1v) is 4.96. The zero-order chi connectivity index (χ0) is 12.3. The van der Waals surface area contributed by atoms with Crippen LogP contribution in [0.1, 0.15) is 27.7 Å². The molecule has 0 saturated carbocycles. The first-order valence-electron chi connectivity index (χ1n) is 4.96. The summed E-state index contributed by atoms with van der Waals surface area (Å²) in [4.78, 5) is 21.7. The van der Waals surface area contributed by atoms with Crippen LogP contribution >= 0.6 is 0 Å². The number of carbonyl (C=O) groups is 2. The molecule has 0 spiro atoms. The molecule has 0 N–H and O–H groups in total. The Hall–Kier alpha value is -1.14. The van der Waals surface area contributed by atoms with Crippen molar-refractivity contribution in [3.8, 4) is 0 Å². The van der Waals surface area contributed by atoms with Crippen LogP contribution < -0.4 is 0 Å². The SMILES string of the molecule is CC(=O)OC(OC(C)=O)[C@H]1COC(C)(C)O1. The highest BCUT2D eigenvalue weighted by Gasteiger charge is 2.40. The minimum absolute atomic E-state index is 0.207. The highest BCUT2D eigenvalue weighted by atomic mass is 16.8. The fourth-order valence-electron chi connectivity index (χ4n) is 1.35. The third-order valence-electron chi connectivity index (χ3n) is 1.90. The maximum Gasteiger partial charge on any atom is 0.305 e. The maximum atomic E-state index is 10.8. The minimum atomic E-state index is -1.06. The van der Waals surface area contributed by atoms with E-state index in [-0.39, 0.29) is 6.61 Å². The lowest BCUT2D eigenvalue weighted by Gasteiger charge is -2.23. The van der Waals surface area contributed by atoms with Gasteiger partial charge in [-0.15, -0.1) is 0 Å². The van der Waals surface area contributed by atoms with Crippen molar-refractivity contribution in [1.29, 1.82) is 0 Å². The van der Waals surface area contributed by atoms with Crippen LogP contribution in [0.3, 0.4) is 0 Å². The van der Waals surface area contributed by atoms with E-state index in [1.807, 2.05) is 0 Å². The van der Waals surface area contributed by atoms with E-state index in [1.165, 1.54) is 13.8 Å². The molecule has 1 atom stereocenters.